The Labute approximate surface area is 232 Å². The summed E-state index contributed by atoms with van der Waals surface area (Å²) in [6.45, 7) is 5.78. The first-order valence-corrected chi connectivity index (χ1v) is 14.5. The summed E-state index contributed by atoms with van der Waals surface area (Å²) in [5.74, 6) is 1.90. The number of rotatable bonds is 8. The van der Waals surface area contributed by atoms with E-state index in [2.05, 4.69) is 86.6 Å². The van der Waals surface area contributed by atoms with Gasteiger partial charge in [-0.05, 0) is 37.1 Å². The van der Waals surface area contributed by atoms with E-state index in [4.69, 9.17) is 19.4 Å². The second kappa shape index (κ2) is 9.06. The van der Waals surface area contributed by atoms with Crippen molar-refractivity contribution in [2.75, 3.05) is 13.2 Å². The molecule has 8 aromatic rings. The lowest BCUT2D eigenvalue weighted by Crippen LogP contribution is -2.02. The highest BCUT2D eigenvalue weighted by Crippen LogP contribution is 2.49. The molecule has 0 saturated carbocycles. The lowest BCUT2D eigenvalue weighted by atomic mass is 9.89. The van der Waals surface area contributed by atoms with Crippen molar-refractivity contribution in [1.29, 1.82) is 0 Å². The summed E-state index contributed by atoms with van der Waals surface area (Å²) in [5, 5.41) is 11.3. The molecule has 0 N–H and O–H groups in total. The normalized spacial score (nSPS) is 12.3. The molecule has 0 aliphatic carbocycles. The van der Waals surface area contributed by atoms with E-state index in [1.165, 1.54) is 0 Å². The smallest absolute Gasteiger partial charge is 0.135 e. The minimum atomic E-state index is 0.696. The Kier molecular flexibility index (Phi) is 5.31. The van der Waals surface area contributed by atoms with Gasteiger partial charge in [-0.25, -0.2) is 9.97 Å². The third-order valence-electron chi connectivity index (χ3n) is 8.39. The van der Waals surface area contributed by atoms with Crippen LogP contribution in [0, 0.1) is 0 Å². The summed E-state index contributed by atoms with van der Waals surface area (Å²) in [4.78, 5) is 10.7. The number of ether oxygens (including phenoxy) is 2. The molecular formula is C36H30N2O2. The van der Waals surface area contributed by atoms with Crippen molar-refractivity contribution >= 4 is 75.9 Å². The van der Waals surface area contributed by atoms with Crippen LogP contribution in [0.25, 0.3) is 75.9 Å². The van der Waals surface area contributed by atoms with Crippen LogP contribution in [0.5, 0.6) is 11.5 Å². The maximum atomic E-state index is 6.52. The third-order valence-corrected chi connectivity index (χ3v) is 8.39. The number of hydrogen-bond acceptors (Lipinski definition) is 4. The van der Waals surface area contributed by atoms with Crippen LogP contribution < -0.4 is 9.47 Å². The number of fused-ring (bicyclic) bond motifs is 4. The highest BCUT2D eigenvalue weighted by molar-refractivity contribution is 6.39. The summed E-state index contributed by atoms with van der Waals surface area (Å²) >= 11 is 0. The van der Waals surface area contributed by atoms with Crippen LogP contribution in [0.2, 0.25) is 0 Å². The van der Waals surface area contributed by atoms with Gasteiger partial charge in [-0.15, -0.1) is 0 Å². The van der Waals surface area contributed by atoms with E-state index >= 15 is 0 Å². The third kappa shape index (κ3) is 3.19. The second-order valence-corrected chi connectivity index (χ2v) is 10.8. The zero-order valence-corrected chi connectivity index (χ0v) is 22.9. The van der Waals surface area contributed by atoms with Gasteiger partial charge < -0.3 is 9.47 Å². The van der Waals surface area contributed by atoms with Crippen LogP contribution in [0.3, 0.4) is 0 Å². The summed E-state index contributed by atoms with van der Waals surface area (Å²) in [6, 6.07) is 25.7. The number of unbranched alkanes of at least 4 members (excludes halogenated alkanes) is 2. The van der Waals surface area contributed by atoms with Crippen LogP contribution in [-0.4, -0.2) is 23.2 Å². The molecule has 0 amide bonds. The Balaban J connectivity index is 1.57. The van der Waals surface area contributed by atoms with Crippen LogP contribution in [0.1, 0.15) is 39.5 Å². The molecule has 0 unspecified atom stereocenters. The molecule has 0 radical (unpaired) electrons. The largest absolute Gasteiger partial charge is 0.492 e. The van der Waals surface area contributed by atoms with Crippen LogP contribution in [0.15, 0.2) is 72.8 Å². The SMILES string of the molecule is CCCCOc1c2ccccc2c2nc3ccc4c(OCCCC)c5ccccc5c5nc6ccc1c2c6c3c45. The van der Waals surface area contributed by atoms with E-state index in [0.717, 1.165) is 113 Å². The summed E-state index contributed by atoms with van der Waals surface area (Å²) < 4.78 is 13.0. The number of pyridine rings is 2. The molecule has 0 bridgehead atoms. The van der Waals surface area contributed by atoms with Gasteiger partial charge in [-0.1, -0.05) is 75.2 Å². The highest BCUT2D eigenvalue weighted by Gasteiger charge is 2.24. The van der Waals surface area contributed by atoms with Gasteiger partial charge in [-0.3, -0.25) is 0 Å². The molecule has 8 rings (SSSR count). The predicted octanol–water partition coefficient (Wildman–Crippen LogP) is 9.78. The zero-order valence-electron chi connectivity index (χ0n) is 22.9. The van der Waals surface area contributed by atoms with Crippen molar-refractivity contribution in [3.8, 4) is 11.5 Å². The van der Waals surface area contributed by atoms with Gasteiger partial charge in [0.05, 0.1) is 35.3 Å². The zero-order chi connectivity index (χ0) is 26.8. The van der Waals surface area contributed by atoms with Crippen molar-refractivity contribution in [2.45, 2.75) is 39.5 Å². The lowest BCUT2D eigenvalue weighted by Gasteiger charge is -2.21. The van der Waals surface area contributed by atoms with E-state index in [1.54, 1.807) is 0 Å². The molecule has 2 heterocycles. The number of aromatic nitrogens is 2. The molecule has 40 heavy (non-hydrogen) atoms. The molecule has 6 aromatic carbocycles. The van der Waals surface area contributed by atoms with E-state index < -0.39 is 0 Å². The number of hydrogen-bond donors (Lipinski definition) is 0. The average Bonchev–Trinajstić information content (AvgIpc) is 3.00. The standard InChI is InChI=1S/C36H30N2O2/c1-3-5-19-39-35-23-13-9-7-11-21(23)33-29-25(35)15-17-27-31(29)32-28(37-33)18-16-26-30(32)34(38-27)22-12-8-10-14-24(22)36(26)40-20-6-4-2/h7-18H,3-6,19-20H2,1-2H3. The van der Waals surface area contributed by atoms with E-state index in [1.807, 2.05) is 0 Å². The fourth-order valence-electron chi connectivity index (χ4n) is 6.50. The molecule has 0 fully saturated rings. The average molecular weight is 523 g/mol. The molecule has 0 atom stereocenters. The maximum Gasteiger partial charge on any atom is 0.135 e. The second-order valence-electron chi connectivity index (χ2n) is 10.8. The first-order chi connectivity index (χ1) is 19.8. The summed E-state index contributed by atoms with van der Waals surface area (Å²) in [7, 11) is 0. The Morgan fingerprint density at radius 1 is 0.475 bits per heavy atom. The van der Waals surface area contributed by atoms with Crippen molar-refractivity contribution in [1.82, 2.24) is 9.97 Å². The van der Waals surface area contributed by atoms with Gasteiger partial charge in [0.25, 0.3) is 0 Å². The van der Waals surface area contributed by atoms with Gasteiger partial charge in [0.1, 0.15) is 11.5 Å². The molecular weight excluding hydrogens is 492 g/mol. The fourth-order valence-corrected chi connectivity index (χ4v) is 6.50. The van der Waals surface area contributed by atoms with Crippen molar-refractivity contribution < 1.29 is 9.47 Å². The van der Waals surface area contributed by atoms with Crippen LogP contribution in [0.4, 0.5) is 0 Å². The van der Waals surface area contributed by atoms with Gasteiger partial charge in [0.15, 0.2) is 0 Å². The Morgan fingerprint density at radius 2 is 0.900 bits per heavy atom. The lowest BCUT2D eigenvalue weighted by molar-refractivity contribution is 0.316. The molecule has 0 aliphatic heterocycles. The van der Waals surface area contributed by atoms with Crippen molar-refractivity contribution in [3.63, 3.8) is 0 Å². The molecule has 0 saturated heterocycles. The molecule has 0 aliphatic rings. The van der Waals surface area contributed by atoms with Gasteiger partial charge in [-0.2, -0.15) is 0 Å². The minimum Gasteiger partial charge on any atom is -0.492 e. The Hall–Kier alpha value is -4.44. The van der Waals surface area contributed by atoms with Gasteiger partial charge in [0, 0.05) is 53.9 Å². The highest BCUT2D eigenvalue weighted by atomic mass is 16.5. The predicted molar refractivity (Wildman–Crippen MR) is 168 cm³/mol. The van der Waals surface area contributed by atoms with E-state index in [0.29, 0.717) is 13.2 Å². The minimum absolute atomic E-state index is 0.696. The quantitative estimate of drug-likeness (QED) is 0.113. The molecule has 196 valence electrons. The first-order valence-electron chi connectivity index (χ1n) is 14.5. The Bertz CT molecular complexity index is 2040. The van der Waals surface area contributed by atoms with Crippen LogP contribution in [-0.2, 0) is 0 Å². The Morgan fingerprint density at radius 3 is 1.32 bits per heavy atom. The molecule has 2 aromatic heterocycles. The topological polar surface area (TPSA) is 44.2 Å². The van der Waals surface area contributed by atoms with Gasteiger partial charge in [0.2, 0.25) is 0 Å². The maximum absolute atomic E-state index is 6.52. The van der Waals surface area contributed by atoms with Gasteiger partial charge >= 0.3 is 0 Å². The van der Waals surface area contributed by atoms with E-state index in [9.17, 15) is 0 Å². The van der Waals surface area contributed by atoms with Crippen molar-refractivity contribution in [3.05, 3.63) is 72.8 Å². The molecule has 0 spiro atoms. The number of nitrogens with zero attached hydrogens (tertiary/aromatic N) is 2. The van der Waals surface area contributed by atoms with Crippen molar-refractivity contribution in [2.24, 2.45) is 0 Å². The number of benzene rings is 6. The monoisotopic (exact) mass is 522 g/mol. The fraction of sp³-hybridized carbons (Fsp3) is 0.222. The summed E-state index contributed by atoms with van der Waals surface area (Å²) in [6.07, 6.45) is 4.23. The van der Waals surface area contributed by atoms with E-state index in [-0.39, 0.29) is 0 Å². The first kappa shape index (κ1) is 23.4. The summed E-state index contributed by atoms with van der Waals surface area (Å²) in [5.41, 5.74) is 4.00. The molecule has 4 nitrogen and oxygen atoms in total. The van der Waals surface area contributed by atoms with Crippen LogP contribution >= 0.6 is 0 Å². The molecule has 4 heteroatoms.